The highest BCUT2D eigenvalue weighted by Crippen LogP contribution is 2.23. The Hall–Kier alpha value is -0.530. The molecule has 0 aromatic heterocycles. The molecule has 0 spiro atoms. The van der Waals surface area contributed by atoms with Crippen molar-refractivity contribution in [2.45, 2.75) is 51.8 Å². The lowest BCUT2D eigenvalue weighted by atomic mass is 10.00. The summed E-state index contributed by atoms with van der Waals surface area (Å²) < 4.78 is 19.5. The number of rotatable bonds is 3. The van der Waals surface area contributed by atoms with E-state index in [1.54, 1.807) is 0 Å². The maximum atomic E-state index is 13.0. The third-order valence-electron chi connectivity index (χ3n) is 3.04. The van der Waals surface area contributed by atoms with Crippen LogP contribution < -0.4 is 0 Å². The summed E-state index contributed by atoms with van der Waals surface area (Å²) in [5.41, 5.74) is 0. The van der Waals surface area contributed by atoms with Gasteiger partial charge in [0.25, 0.3) is 0 Å². The molecule has 0 radical (unpaired) electrons. The molecular formula is C13H24N2OS. The molecule has 1 fully saturated rings. The van der Waals surface area contributed by atoms with Crippen molar-refractivity contribution < 1.29 is 4.21 Å². The van der Waals surface area contributed by atoms with E-state index < -0.39 is 9.92 Å². The smallest absolute Gasteiger partial charge is 0.113 e. The first kappa shape index (κ1) is 14.5. The monoisotopic (exact) mass is 256 g/mol. The summed E-state index contributed by atoms with van der Waals surface area (Å²) in [7, 11) is -2.25. The summed E-state index contributed by atoms with van der Waals surface area (Å²) in [6, 6.07) is 0.107. The molecule has 1 aliphatic rings. The highest BCUT2D eigenvalue weighted by Gasteiger charge is 2.28. The summed E-state index contributed by atoms with van der Waals surface area (Å²) in [5, 5.41) is 0.0623. The first-order valence-corrected chi connectivity index (χ1v) is 7.90. The highest BCUT2D eigenvalue weighted by molar-refractivity contribution is 7.91. The molecule has 1 atom stereocenters. The topological polar surface area (TPSA) is 32.7 Å². The SMILES string of the molecule is C#CC1CCN(S(=O)(=NC(C)C)C(C)C)CC1. The first-order valence-electron chi connectivity index (χ1n) is 6.36. The fraction of sp³-hybridized carbons (Fsp3) is 0.846. The molecule has 17 heavy (non-hydrogen) atoms. The molecule has 0 aromatic rings. The van der Waals surface area contributed by atoms with Crippen LogP contribution in [0.3, 0.4) is 0 Å². The summed E-state index contributed by atoms with van der Waals surface area (Å²) in [6.07, 6.45) is 7.31. The van der Waals surface area contributed by atoms with Gasteiger partial charge in [0.1, 0.15) is 9.92 Å². The molecular weight excluding hydrogens is 232 g/mol. The number of hydrogen-bond donors (Lipinski definition) is 0. The van der Waals surface area contributed by atoms with Gasteiger partial charge in [-0.05, 0) is 40.5 Å². The van der Waals surface area contributed by atoms with Crippen LogP contribution in [0.4, 0.5) is 0 Å². The summed E-state index contributed by atoms with van der Waals surface area (Å²) in [4.78, 5) is 0. The minimum absolute atomic E-state index is 0.0623. The molecule has 0 amide bonds. The molecule has 0 aliphatic carbocycles. The van der Waals surface area contributed by atoms with Crippen LogP contribution in [0.2, 0.25) is 0 Å². The quantitative estimate of drug-likeness (QED) is 0.714. The fourth-order valence-electron chi connectivity index (χ4n) is 2.07. The zero-order valence-corrected chi connectivity index (χ0v) is 12.2. The van der Waals surface area contributed by atoms with E-state index in [-0.39, 0.29) is 11.3 Å². The third kappa shape index (κ3) is 3.46. The van der Waals surface area contributed by atoms with E-state index in [0.29, 0.717) is 5.92 Å². The molecule has 1 aliphatic heterocycles. The van der Waals surface area contributed by atoms with Crippen molar-refractivity contribution in [2.24, 2.45) is 10.3 Å². The molecule has 1 rings (SSSR count). The van der Waals surface area contributed by atoms with E-state index >= 15 is 0 Å². The molecule has 98 valence electrons. The van der Waals surface area contributed by atoms with Crippen molar-refractivity contribution >= 4 is 9.92 Å². The van der Waals surface area contributed by atoms with Gasteiger partial charge in [0, 0.05) is 19.0 Å². The summed E-state index contributed by atoms with van der Waals surface area (Å²) >= 11 is 0. The Labute approximate surface area is 106 Å². The van der Waals surface area contributed by atoms with E-state index in [4.69, 9.17) is 6.42 Å². The molecule has 3 nitrogen and oxygen atoms in total. The minimum Gasteiger partial charge on any atom is -0.233 e. The molecule has 0 bridgehead atoms. The number of hydrogen-bond acceptors (Lipinski definition) is 2. The normalized spacial score (nSPS) is 22.4. The largest absolute Gasteiger partial charge is 0.233 e. The van der Waals surface area contributed by atoms with Crippen LogP contribution in [-0.4, -0.2) is 32.9 Å². The van der Waals surface area contributed by atoms with E-state index in [1.807, 2.05) is 32.0 Å². The summed E-state index contributed by atoms with van der Waals surface area (Å²) in [5.74, 6) is 3.14. The fourth-order valence-corrected chi connectivity index (χ4v) is 4.38. The highest BCUT2D eigenvalue weighted by atomic mass is 32.2. The second-order valence-corrected chi connectivity index (χ2v) is 7.90. The third-order valence-corrected chi connectivity index (χ3v) is 6.09. The Morgan fingerprint density at radius 3 is 2.18 bits per heavy atom. The molecule has 0 saturated carbocycles. The van der Waals surface area contributed by atoms with Crippen LogP contribution in [0, 0.1) is 18.3 Å². The van der Waals surface area contributed by atoms with E-state index in [1.165, 1.54) is 0 Å². The molecule has 1 saturated heterocycles. The van der Waals surface area contributed by atoms with Crippen molar-refractivity contribution in [1.82, 2.24) is 4.31 Å². The molecule has 4 heteroatoms. The Morgan fingerprint density at radius 1 is 1.29 bits per heavy atom. The standard InChI is InChI=1S/C13H24N2OS/c1-6-13-7-9-15(10-8-13)17(16,12(4)5)14-11(2)3/h1,11-13H,7-10H2,2-5H3. The lowest BCUT2D eigenvalue weighted by molar-refractivity contribution is 0.320. The second-order valence-electron chi connectivity index (χ2n) is 5.16. The summed E-state index contributed by atoms with van der Waals surface area (Å²) in [6.45, 7) is 9.56. The number of terminal acetylenes is 1. The van der Waals surface area contributed by atoms with E-state index in [9.17, 15) is 4.21 Å². The van der Waals surface area contributed by atoms with E-state index in [2.05, 4.69) is 10.3 Å². The molecule has 0 aromatic carbocycles. The number of nitrogens with zero attached hydrogens (tertiary/aromatic N) is 2. The number of piperidine rings is 1. The van der Waals surface area contributed by atoms with Gasteiger partial charge in [0.05, 0.1) is 11.3 Å². The maximum Gasteiger partial charge on any atom is 0.113 e. The van der Waals surface area contributed by atoms with Gasteiger partial charge in [-0.15, -0.1) is 12.3 Å². The van der Waals surface area contributed by atoms with Crippen molar-refractivity contribution in [3.05, 3.63) is 0 Å². The van der Waals surface area contributed by atoms with Gasteiger partial charge in [-0.3, -0.25) is 0 Å². The van der Waals surface area contributed by atoms with Crippen LogP contribution in [0.25, 0.3) is 0 Å². The average Bonchev–Trinajstić information content (AvgIpc) is 2.28. The van der Waals surface area contributed by atoms with Gasteiger partial charge in [-0.2, -0.15) is 0 Å². The predicted molar refractivity (Wildman–Crippen MR) is 74.0 cm³/mol. The van der Waals surface area contributed by atoms with Gasteiger partial charge >= 0.3 is 0 Å². The van der Waals surface area contributed by atoms with E-state index in [0.717, 1.165) is 25.9 Å². The zero-order chi connectivity index (χ0) is 13.1. The van der Waals surface area contributed by atoms with Gasteiger partial charge in [0.15, 0.2) is 0 Å². The van der Waals surface area contributed by atoms with Gasteiger partial charge in [-0.25, -0.2) is 12.9 Å². The van der Waals surface area contributed by atoms with Crippen LogP contribution >= 0.6 is 0 Å². The van der Waals surface area contributed by atoms with Gasteiger partial charge in [-0.1, -0.05) is 0 Å². The van der Waals surface area contributed by atoms with Crippen molar-refractivity contribution in [3.63, 3.8) is 0 Å². The Balaban J connectivity index is 2.89. The maximum absolute atomic E-state index is 13.0. The van der Waals surface area contributed by atoms with Gasteiger partial charge in [0.2, 0.25) is 0 Å². The van der Waals surface area contributed by atoms with Crippen molar-refractivity contribution in [3.8, 4) is 12.3 Å². The molecule has 1 unspecified atom stereocenters. The van der Waals surface area contributed by atoms with Crippen LogP contribution in [0.5, 0.6) is 0 Å². The van der Waals surface area contributed by atoms with Gasteiger partial charge < -0.3 is 0 Å². The lowest BCUT2D eigenvalue weighted by Crippen LogP contribution is -2.42. The Bertz CT molecular complexity index is 392. The van der Waals surface area contributed by atoms with Crippen molar-refractivity contribution in [2.75, 3.05) is 13.1 Å². The molecule has 1 heterocycles. The lowest BCUT2D eigenvalue weighted by Gasteiger charge is -2.34. The van der Waals surface area contributed by atoms with Crippen molar-refractivity contribution in [1.29, 1.82) is 0 Å². The second kappa shape index (κ2) is 5.88. The Kier molecular flexibility index (Phi) is 5.03. The minimum atomic E-state index is -2.25. The average molecular weight is 256 g/mol. The van der Waals surface area contributed by atoms with Crippen LogP contribution in [0.15, 0.2) is 4.36 Å². The van der Waals surface area contributed by atoms with Crippen LogP contribution in [-0.2, 0) is 9.92 Å². The molecule has 0 N–H and O–H groups in total. The Morgan fingerprint density at radius 2 is 1.82 bits per heavy atom. The zero-order valence-electron chi connectivity index (χ0n) is 11.3. The predicted octanol–water partition coefficient (Wildman–Crippen LogP) is 2.53. The van der Waals surface area contributed by atoms with Crippen LogP contribution in [0.1, 0.15) is 40.5 Å². The first-order chi connectivity index (χ1) is 7.90.